The van der Waals surface area contributed by atoms with Gasteiger partial charge in [0.05, 0.1) is 5.39 Å². The van der Waals surface area contributed by atoms with Crippen LogP contribution in [-0.4, -0.2) is 9.97 Å². The van der Waals surface area contributed by atoms with Crippen molar-refractivity contribution < 1.29 is 4.39 Å². The van der Waals surface area contributed by atoms with E-state index in [1.54, 1.807) is 23.5 Å². The number of aromatic nitrogens is 2. The SMILES string of the molecule is Cc1nc(Nc2ccc(C)c(Cl)c2)c2c(-c3ccc(F)cc3)c(C)sc2n1. The standard InChI is InChI=1S/C21H17ClFN3S/c1-11-4-9-16(10-17(11)22)26-20-19-18(14-5-7-15(23)8-6-14)12(2)27-21(19)25-13(3)24-20/h4-10H,1-3H3,(H,24,25,26). The van der Waals surface area contributed by atoms with Gasteiger partial charge >= 0.3 is 0 Å². The van der Waals surface area contributed by atoms with Crippen LogP contribution in [0.15, 0.2) is 42.5 Å². The second-order valence-electron chi connectivity index (χ2n) is 6.43. The molecule has 2 aromatic heterocycles. The molecule has 27 heavy (non-hydrogen) atoms. The van der Waals surface area contributed by atoms with Crippen LogP contribution >= 0.6 is 22.9 Å². The van der Waals surface area contributed by atoms with E-state index in [1.165, 1.54) is 12.1 Å². The number of benzene rings is 2. The molecule has 0 amide bonds. The fourth-order valence-corrected chi connectivity index (χ4v) is 4.35. The number of rotatable bonds is 3. The molecule has 0 saturated carbocycles. The maximum absolute atomic E-state index is 13.4. The molecule has 4 aromatic rings. The molecule has 1 N–H and O–H groups in total. The number of aryl methyl sites for hydroxylation is 3. The monoisotopic (exact) mass is 397 g/mol. The van der Waals surface area contributed by atoms with Gasteiger partial charge in [-0.1, -0.05) is 29.8 Å². The van der Waals surface area contributed by atoms with Crippen molar-refractivity contribution >= 4 is 44.7 Å². The van der Waals surface area contributed by atoms with Crippen LogP contribution in [0.2, 0.25) is 5.02 Å². The Labute approximate surface area is 165 Å². The van der Waals surface area contributed by atoms with Gasteiger partial charge in [0.15, 0.2) is 0 Å². The molecule has 0 unspecified atom stereocenters. The van der Waals surface area contributed by atoms with Crippen LogP contribution < -0.4 is 5.32 Å². The predicted octanol–water partition coefficient (Wildman–Crippen LogP) is 6.82. The van der Waals surface area contributed by atoms with Crippen LogP contribution in [-0.2, 0) is 0 Å². The topological polar surface area (TPSA) is 37.8 Å². The van der Waals surface area contributed by atoms with E-state index in [4.69, 9.17) is 11.6 Å². The lowest BCUT2D eigenvalue weighted by atomic mass is 10.0. The first-order valence-electron chi connectivity index (χ1n) is 8.49. The number of nitrogens with one attached hydrogen (secondary N) is 1. The van der Waals surface area contributed by atoms with Gasteiger partial charge in [0.1, 0.15) is 22.3 Å². The van der Waals surface area contributed by atoms with Gasteiger partial charge in [0.2, 0.25) is 0 Å². The minimum Gasteiger partial charge on any atom is -0.340 e. The van der Waals surface area contributed by atoms with E-state index in [1.807, 2.05) is 39.0 Å². The molecule has 3 nitrogen and oxygen atoms in total. The number of thiophene rings is 1. The first kappa shape index (κ1) is 17.9. The molecule has 136 valence electrons. The molecule has 2 heterocycles. The smallest absolute Gasteiger partial charge is 0.143 e. The average Bonchev–Trinajstić information content (AvgIpc) is 2.95. The predicted molar refractivity (Wildman–Crippen MR) is 112 cm³/mol. The molecule has 0 saturated heterocycles. The Hall–Kier alpha value is -2.50. The Balaban J connectivity index is 1.91. The second kappa shape index (κ2) is 6.91. The van der Waals surface area contributed by atoms with Crippen molar-refractivity contribution in [2.24, 2.45) is 0 Å². The molecule has 0 aliphatic carbocycles. The van der Waals surface area contributed by atoms with Crippen molar-refractivity contribution in [2.75, 3.05) is 5.32 Å². The van der Waals surface area contributed by atoms with E-state index in [9.17, 15) is 4.39 Å². The van der Waals surface area contributed by atoms with Crippen LogP contribution in [0.3, 0.4) is 0 Å². The minimum atomic E-state index is -0.254. The molecule has 0 aliphatic heterocycles. The van der Waals surface area contributed by atoms with E-state index >= 15 is 0 Å². The Morgan fingerprint density at radius 3 is 2.44 bits per heavy atom. The number of fused-ring (bicyclic) bond motifs is 1. The van der Waals surface area contributed by atoms with Gasteiger partial charge in [-0.3, -0.25) is 0 Å². The van der Waals surface area contributed by atoms with E-state index in [0.29, 0.717) is 10.8 Å². The Bertz CT molecular complexity index is 1150. The van der Waals surface area contributed by atoms with Gasteiger partial charge in [-0.15, -0.1) is 11.3 Å². The summed E-state index contributed by atoms with van der Waals surface area (Å²) in [6.07, 6.45) is 0. The van der Waals surface area contributed by atoms with Crippen LogP contribution in [0.1, 0.15) is 16.3 Å². The minimum absolute atomic E-state index is 0.254. The highest BCUT2D eigenvalue weighted by Crippen LogP contribution is 2.41. The van der Waals surface area contributed by atoms with Crippen molar-refractivity contribution in [1.82, 2.24) is 9.97 Å². The summed E-state index contributed by atoms with van der Waals surface area (Å²) in [6.45, 7) is 5.89. The average molecular weight is 398 g/mol. The quantitative estimate of drug-likeness (QED) is 0.412. The summed E-state index contributed by atoms with van der Waals surface area (Å²) in [5.74, 6) is 1.16. The zero-order chi connectivity index (χ0) is 19.1. The lowest BCUT2D eigenvalue weighted by Gasteiger charge is -2.11. The van der Waals surface area contributed by atoms with E-state index in [-0.39, 0.29) is 5.82 Å². The van der Waals surface area contributed by atoms with Crippen molar-refractivity contribution in [1.29, 1.82) is 0 Å². The zero-order valence-corrected chi connectivity index (χ0v) is 16.7. The molecular formula is C21H17ClFN3S. The van der Waals surface area contributed by atoms with Gasteiger partial charge in [0.25, 0.3) is 0 Å². The Morgan fingerprint density at radius 1 is 1.00 bits per heavy atom. The third kappa shape index (κ3) is 3.40. The fourth-order valence-electron chi connectivity index (χ4n) is 3.08. The molecule has 2 aromatic carbocycles. The van der Waals surface area contributed by atoms with Crippen LogP contribution in [0.5, 0.6) is 0 Å². The van der Waals surface area contributed by atoms with Gasteiger partial charge in [-0.25, -0.2) is 14.4 Å². The van der Waals surface area contributed by atoms with E-state index in [2.05, 4.69) is 15.3 Å². The summed E-state index contributed by atoms with van der Waals surface area (Å²) in [6, 6.07) is 12.3. The van der Waals surface area contributed by atoms with E-state index in [0.717, 1.165) is 43.3 Å². The summed E-state index contributed by atoms with van der Waals surface area (Å²) < 4.78 is 13.4. The summed E-state index contributed by atoms with van der Waals surface area (Å²) in [5.41, 5.74) is 3.84. The molecule has 0 radical (unpaired) electrons. The summed E-state index contributed by atoms with van der Waals surface area (Å²) in [4.78, 5) is 11.2. The molecule has 0 atom stereocenters. The zero-order valence-electron chi connectivity index (χ0n) is 15.1. The summed E-state index contributed by atoms with van der Waals surface area (Å²) in [7, 11) is 0. The highest BCUT2D eigenvalue weighted by molar-refractivity contribution is 7.19. The largest absolute Gasteiger partial charge is 0.340 e. The van der Waals surface area contributed by atoms with Gasteiger partial charge in [-0.2, -0.15) is 0 Å². The lowest BCUT2D eigenvalue weighted by Crippen LogP contribution is -1.98. The molecule has 0 aliphatic rings. The van der Waals surface area contributed by atoms with Crippen molar-refractivity contribution in [3.63, 3.8) is 0 Å². The number of anilines is 2. The number of hydrogen-bond acceptors (Lipinski definition) is 4. The third-order valence-electron chi connectivity index (χ3n) is 4.41. The highest BCUT2D eigenvalue weighted by atomic mass is 35.5. The lowest BCUT2D eigenvalue weighted by molar-refractivity contribution is 0.628. The van der Waals surface area contributed by atoms with Gasteiger partial charge in [-0.05, 0) is 56.2 Å². The fraction of sp³-hybridized carbons (Fsp3) is 0.143. The first-order valence-corrected chi connectivity index (χ1v) is 9.68. The van der Waals surface area contributed by atoms with E-state index < -0.39 is 0 Å². The second-order valence-corrected chi connectivity index (χ2v) is 8.04. The Kier molecular flexibility index (Phi) is 4.58. The number of nitrogens with zero attached hydrogens (tertiary/aromatic N) is 2. The normalized spacial score (nSPS) is 11.1. The molecule has 4 rings (SSSR count). The third-order valence-corrected chi connectivity index (χ3v) is 5.81. The molecule has 6 heteroatoms. The number of hydrogen-bond donors (Lipinski definition) is 1. The molecule has 0 bridgehead atoms. The van der Waals surface area contributed by atoms with Gasteiger partial charge in [0, 0.05) is 21.2 Å². The number of halogens is 2. The maximum Gasteiger partial charge on any atom is 0.143 e. The van der Waals surface area contributed by atoms with Crippen molar-refractivity contribution in [3.05, 3.63) is 69.6 Å². The summed E-state index contributed by atoms with van der Waals surface area (Å²) in [5, 5.41) is 5.02. The molecular weight excluding hydrogens is 381 g/mol. The first-order chi connectivity index (χ1) is 12.9. The van der Waals surface area contributed by atoms with Crippen molar-refractivity contribution in [2.45, 2.75) is 20.8 Å². The summed E-state index contributed by atoms with van der Waals surface area (Å²) >= 11 is 7.88. The van der Waals surface area contributed by atoms with Crippen LogP contribution in [0.25, 0.3) is 21.3 Å². The van der Waals surface area contributed by atoms with Gasteiger partial charge < -0.3 is 5.32 Å². The van der Waals surface area contributed by atoms with Crippen LogP contribution in [0.4, 0.5) is 15.9 Å². The van der Waals surface area contributed by atoms with Crippen LogP contribution in [0, 0.1) is 26.6 Å². The molecule has 0 fully saturated rings. The Morgan fingerprint density at radius 2 is 1.74 bits per heavy atom. The van der Waals surface area contributed by atoms with Crippen molar-refractivity contribution in [3.8, 4) is 11.1 Å². The highest BCUT2D eigenvalue weighted by Gasteiger charge is 2.18. The molecule has 0 spiro atoms. The maximum atomic E-state index is 13.4.